The van der Waals surface area contributed by atoms with Gasteiger partial charge in [0.15, 0.2) is 5.82 Å². The highest BCUT2D eigenvalue weighted by Crippen LogP contribution is 2.34. The highest BCUT2D eigenvalue weighted by molar-refractivity contribution is 6.31. The van der Waals surface area contributed by atoms with E-state index in [1.807, 2.05) is 13.8 Å². The third kappa shape index (κ3) is 4.05. The minimum absolute atomic E-state index is 0.0817. The van der Waals surface area contributed by atoms with Gasteiger partial charge in [0.2, 0.25) is 0 Å². The summed E-state index contributed by atoms with van der Waals surface area (Å²) in [5.41, 5.74) is 6.34. The molecule has 0 aliphatic rings. The molecule has 4 heteroatoms. The van der Waals surface area contributed by atoms with Gasteiger partial charge in [-0.3, -0.25) is 0 Å². The van der Waals surface area contributed by atoms with E-state index >= 15 is 0 Å². The van der Waals surface area contributed by atoms with E-state index in [1.165, 1.54) is 6.07 Å². The average Bonchev–Trinajstić information content (AvgIpc) is 2.15. The van der Waals surface area contributed by atoms with E-state index in [-0.39, 0.29) is 21.7 Å². The molecule has 0 amide bonds. The van der Waals surface area contributed by atoms with Gasteiger partial charge < -0.3 is 11.1 Å². The molecule has 0 aliphatic carbocycles. The van der Waals surface area contributed by atoms with Gasteiger partial charge in [-0.2, -0.15) is 0 Å². The highest BCUT2D eigenvalue weighted by Gasteiger charge is 2.27. The van der Waals surface area contributed by atoms with E-state index in [9.17, 15) is 4.39 Å². The molecule has 102 valence electrons. The maximum absolute atomic E-state index is 14.0. The summed E-state index contributed by atoms with van der Waals surface area (Å²) < 4.78 is 14.0. The zero-order valence-electron chi connectivity index (χ0n) is 11.7. The fourth-order valence-electron chi connectivity index (χ4n) is 2.40. The largest absolute Gasteiger partial charge is 0.397 e. The molecule has 0 bridgehead atoms. The predicted molar refractivity (Wildman–Crippen MR) is 77.6 cm³/mol. The second kappa shape index (κ2) is 4.96. The van der Waals surface area contributed by atoms with Crippen LogP contribution in [0.3, 0.4) is 0 Å². The van der Waals surface area contributed by atoms with Crippen molar-refractivity contribution >= 4 is 23.0 Å². The van der Waals surface area contributed by atoms with Gasteiger partial charge in [0, 0.05) is 5.54 Å². The molecule has 0 saturated carbocycles. The molecule has 0 heterocycles. The summed E-state index contributed by atoms with van der Waals surface area (Å²) in [5, 5.41) is 3.25. The van der Waals surface area contributed by atoms with Crippen molar-refractivity contribution in [3.63, 3.8) is 0 Å². The maximum Gasteiger partial charge on any atom is 0.166 e. The molecule has 0 saturated heterocycles. The lowest BCUT2D eigenvalue weighted by molar-refractivity contribution is 0.302. The Hall–Kier alpha value is -0.960. The van der Waals surface area contributed by atoms with Gasteiger partial charge in [0.25, 0.3) is 0 Å². The molecule has 0 radical (unpaired) electrons. The van der Waals surface area contributed by atoms with Crippen LogP contribution >= 0.6 is 11.6 Å². The van der Waals surface area contributed by atoms with Gasteiger partial charge in [-0.25, -0.2) is 4.39 Å². The Morgan fingerprint density at radius 2 is 1.78 bits per heavy atom. The van der Waals surface area contributed by atoms with Gasteiger partial charge in [-0.1, -0.05) is 32.4 Å². The second-order valence-corrected chi connectivity index (χ2v) is 6.98. The molecule has 3 N–H and O–H groups in total. The van der Waals surface area contributed by atoms with Gasteiger partial charge in [0.1, 0.15) is 0 Å². The maximum atomic E-state index is 14.0. The van der Waals surface area contributed by atoms with E-state index in [0.717, 1.165) is 6.42 Å². The fraction of sp³-hybridized carbons (Fsp3) is 0.571. The molecular weight excluding hydrogens is 251 g/mol. The Morgan fingerprint density at radius 1 is 1.22 bits per heavy atom. The van der Waals surface area contributed by atoms with Crippen molar-refractivity contribution in [3.8, 4) is 0 Å². The Morgan fingerprint density at radius 3 is 2.28 bits per heavy atom. The van der Waals surface area contributed by atoms with E-state index in [0.29, 0.717) is 5.69 Å². The van der Waals surface area contributed by atoms with Crippen molar-refractivity contribution in [2.45, 2.75) is 46.6 Å². The standard InChI is InChI=1S/C14H22ClFN2/c1-13(2,3)8-14(4,5)18-12-10(17)7-6-9(15)11(12)16/h6-7,18H,8,17H2,1-5H3. The second-order valence-electron chi connectivity index (χ2n) is 6.57. The van der Waals surface area contributed by atoms with Crippen LogP contribution in [0.25, 0.3) is 0 Å². The number of hydrogen-bond donors (Lipinski definition) is 2. The summed E-state index contributed by atoms with van der Waals surface area (Å²) in [5.74, 6) is -0.487. The van der Waals surface area contributed by atoms with E-state index in [4.69, 9.17) is 17.3 Å². The van der Waals surface area contributed by atoms with E-state index in [1.54, 1.807) is 6.07 Å². The smallest absolute Gasteiger partial charge is 0.166 e. The summed E-state index contributed by atoms with van der Waals surface area (Å²) in [4.78, 5) is 0. The molecule has 0 atom stereocenters. The van der Waals surface area contributed by atoms with Crippen LogP contribution in [0.1, 0.15) is 41.0 Å². The van der Waals surface area contributed by atoms with E-state index in [2.05, 4.69) is 26.1 Å². The number of nitrogens with one attached hydrogen (secondary N) is 1. The van der Waals surface area contributed by atoms with Crippen LogP contribution in [-0.4, -0.2) is 5.54 Å². The van der Waals surface area contributed by atoms with Crippen molar-refractivity contribution in [1.29, 1.82) is 0 Å². The lowest BCUT2D eigenvalue weighted by atomic mass is 9.81. The number of nitrogens with two attached hydrogens (primary N) is 1. The van der Waals surface area contributed by atoms with Crippen molar-refractivity contribution in [3.05, 3.63) is 23.0 Å². The van der Waals surface area contributed by atoms with Gasteiger partial charge >= 0.3 is 0 Å². The normalized spacial score (nSPS) is 12.6. The SMILES string of the molecule is CC(C)(C)CC(C)(C)Nc1c(N)ccc(Cl)c1F. The van der Waals surface area contributed by atoms with Crippen LogP contribution < -0.4 is 11.1 Å². The van der Waals surface area contributed by atoms with Crippen LogP contribution in [0, 0.1) is 11.2 Å². The van der Waals surface area contributed by atoms with Gasteiger partial charge in [-0.15, -0.1) is 0 Å². The Kier molecular flexibility index (Phi) is 4.16. The van der Waals surface area contributed by atoms with Crippen molar-refractivity contribution in [1.82, 2.24) is 0 Å². The summed E-state index contributed by atoms with van der Waals surface area (Å²) in [6.45, 7) is 10.5. The first kappa shape index (κ1) is 15.1. The Bertz CT molecular complexity index is 436. The molecule has 0 fully saturated rings. The van der Waals surface area contributed by atoms with Crippen molar-refractivity contribution in [2.75, 3.05) is 11.1 Å². The Balaban J connectivity index is 3.01. The lowest BCUT2D eigenvalue weighted by Crippen LogP contribution is -2.36. The lowest BCUT2D eigenvalue weighted by Gasteiger charge is -2.34. The summed E-state index contributed by atoms with van der Waals surface area (Å²) in [7, 11) is 0. The molecule has 1 aromatic rings. The summed E-state index contributed by atoms with van der Waals surface area (Å²) in [6, 6.07) is 3.08. The summed E-state index contributed by atoms with van der Waals surface area (Å²) in [6.07, 6.45) is 0.880. The van der Waals surface area contributed by atoms with Crippen LogP contribution in [-0.2, 0) is 0 Å². The molecular formula is C14H22ClFN2. The highest BCUT2D eigenvalue weighted by atomic mass is 35.5. The number of rotatable bonds is 3. The zero-order chi connectivity index (χ0) is 14.1. The monoisotopic (exact) mass is 272 g/mol. The first-order valence-electron chi connectivity index (χ1n) is 6.03. The number of hydrogen-bond acceptors (Lipinski definition) is 2. The third-order valence-corrected chi connectivity index (χ3v) is 2.85. The molecule has 18 heavy (non-hydrogen) atoms. The van der Waals surface area contributed by atoms with Gasteiger partial charge in [-0.05, 0) is 37.8 Å². The number of benzene rings is 1. The topological polar surface area (TPSA) is 38.0 Å². The molecule has 0 aromatic heterocycles. The fourth-order valence-corrected chi connectivity index (χ4v) is 2.56. The molecule has 1 aromatic carbocycles. The number of anilines is 2. The molecule has 2 nitrogen and oxygen atoms in total. The van der Waals surface area contributed by atoms with E-state index < -0.39 is 5.82 Å². The van der Waals surface area contributed by atoms with Crippen molar-refractivity contribution < 1.29 is 4.39 Å². The Labute approximate surface area is 114 Å². The zero-order valence-corrected chi connectivity index (χ0v) is 12.5. The summed E-state index contributed by atoms with van der Waals surface area (Å²) >= 11 is 5.78. The van der Waals surface area contributed by atoms with Crippen LogP contribution in [0.2, 0.25) is 5.02 Å². The molecule has 0 spiro atoms. The quantitative estimate of drug-likeness (QED) is 0.784. The third-order valence-electron chi connectivity index (χ3n) is 2.56. The van der Waals surface area contributed by atoms with Crippen LogP contribution in [0.4, 0.5) is 15.8 Å². The van der Waals surface area contributed by atoms with Crippen molar-refractivity contribution in [2.24, 2.45) is 5.41 Å². The number of nitrogen functional groups attached to an aromatic ring is 1. The van der Waals surface area contributed by atoms with Crippen LogP contribution in [0.15, 0.2) is 12.1 Å². The first-order chi connectivity index (χ1) is 8.02. The molecule has 0 aliphatic heterocycles. The average molecular weight is 273 g/mol. The first-order valence-corrected chi connectivity index (χ1v) is 6.41. The number of halogens is 2. The molecule has 1 rings (SSSR count). The molecule has 0 unspecified atom stereocenters. The minimum Gasteiger partial charge on any atom is -0.397 e. The minimum atomic E-state index is -0.487. The van der Waals surface area contributed by atoms with Gasteiger partial charge in [0.05, 0.1) is 16.4 Å². The predicted octanol–water partition coefficient (Wildman–Crippen LogP) is 4.69. The van der Waals surface area contributed by atoms with Crippen LogP contribution in [0.5, 0.6) is 0 Å².